The van der Waals surface area contributed by atoms with E-state index in [1.54, 1.807) is 11.3 Å². The van der Waals surface area contributed by atoms with Gasteiger partial charge in [0.1, 0.15) is 0 Å². The van der Waals surface area contributed by atoms with Gasteiger partial charge in [-0.15, -0.1) is 11.3 Å². The summed E-state index contributed by atoms with van der Waals surface area (Å²) in [7, 11) is 0. The Hall–Kier alpha value is -0.420. The predicted molar refractivity (Wildman–Crippen MR) is 61.2 cm³/mol. The molecule has 84 valence electrons. The topological polar surface area (TPSA) is 32.7 Å². The van der Waals surface area contributed by atoms with Gasteiger partial charge < -0.3 is 9.84 Å². The predicted octanol–water partition coefficient (Wildman–Crippen LogP) is 1.50. The van der Waals surface area contributed by atoms with E-state index in [0.29, 0.717) is 0 Å². The lowest BCUT2D eigenvalue weighted by Gasteiger charge is -2.27. The molecule has 0 radical (unpaired) electrons. The summed E-state index contributed by atoms with van der Waals surface area (Å²) in [5.41, 5.74) is 0. The van der Waals surface area contributed by atoms with Gasteiger partial charge in [-0.1, -0.05) is 6.07 Å². The zero-order valence-electron chi connectivity index (χ0n) is 8.76. The number of aliphatic hydroxyl groups excluding tert-OH is 1. The largest absolute Gasteiger partial charge is 0.388 e. The maximum Gasteiger partial charge on any atom is 0.0894 e. The molecule has 0 spiro atoms. The van der Waals surface area contributed by atoms with Gasteiger partial charge in [-0.25, -0.2) is 0 Å². The van der Waals surface area contributed by atoms with Gasteiger partial charge >= 0.3 is 0 Å². The average Bonchev–Trinajstić information content (AvgIpc) is 2.81. The third kappa shape index (κ3) is 3.28. The van der Waals surface area contributed by atoms with Crippen LogP contribution in [0, 0.1) is 0 Å². The second kappa shape index (κ2) is 5.61. The molecular formula is C11H17NO2S. The van der Waals surface area contributed by atoms with Crippen LogP contribution in [0.15, 0.2) is 17.5 Å². The van der Waals surface area contributed by atoms with Crippen molar-refractivity contribution < 1.29 is 9.84 Å². The van der Waals surface area contributed by atoms with Crippen molar-refractivity contribution in [2.24, 2.45) is 0 Å². The van der Waals surface area contributed by atoms with Gasteiger partial charge in [-0.3, -0.25) is 4.90 Å². The Kier molecular flexibility index (Phi) is 4.14. The normalized spacial score (nSPS) is 20.3. The molecule has 1 saturated heterocycles. The first-order chi connectivity index (χ1) is 7.36. The Labute approximate surface area is 94.3 Å². The first kappa shape index (κ1) is 11.1. The minimum atomic E-state index is -0.298. The van der Waals surface area contributed by atoms with Crippen molar-refractivity contribution >= 4 is 11.3 Å². The molecule has 0 saturated carbocycles. The Balaban J connectivity index is 1.73. The number of ether oxygens (including phenoxy) is 1. The van der Waals surface area contributed by atoms with Gasteiger partial charge in [0, 0.05) is 24.5 Å². The molecule has 15 heavy (non-hydrogen) atoms. The van der Waals surface area contributed by atoms with Crippen LogP contribution < -0.4 is 0 Å². The van der Waals surface area contributed by atoms with Gasteiger partial charge in [-0.05, 0) is 17.9 Å². The number of hydrogen-bond donors (Lipinski definition) is 1. The smallest absolute Gasteiger partial charge is 0.0894 e. The molecule has 1 N–H and O–H groups in total. The third-order valence-electron chi connectivity index (χ3n) is 2.69. The van der Waals surface area contributed by atoms with Gasteiger partial charge in [0.25, 0.3) is 0 Å². The van der Waals surface area contributed by atoms with E-state index in [1.165, 1.54) is 0 Å². The van der Waals surface area contributed by atoms with E-state index in [4.69, 9.17) is 4.74 Å². The van der Waals surface area contributed by atoms with Crippen molar-refractivity contribution in [3.05, 3.63) is 22.4 Å². The minimum absolute atomic E-state index is 0.298. The Morgan fingerprint density at radius 3 is 2.93 bits per heavy atom. The molecule has 0 aromatic carbocycles. The first-order valence-electron chi connectivity index (χ1n) is 5.38. The highest BCUT2D eigenvalue weighted by Crippen LogP contribution is 2.21. The molecule has 1 aliphatic heterocycles. The third-order valence-corrected chi connectivity index (χ3v) is 3.67. The van der Waals surface area contributed by atoms with E-state index >= 15 is 0 Å². The van der Waals surface area contributed by atoms with Crippen LogP contribution in [0.25, 0.3) is 0 Å². The maximum atomic E-state index is 9.89. The van der Waals surface area contributed by atoms with Crippen LogP contribution in [-0.2, 0) is 4.74 Å². The Morgan fingerprint density at radius 1 is 1.47 bits per heavy atom. The van der Waals surface area contributed by atoms with Crippen molar-refractivity contribution in [3.8, 4) is 0 Å². The molecule has 0 aliphatic carbocycles. The summed E-state index contributed by atoms with van der Waals surface area (Å²) >= 11 is 1.62. The van der Waals surface area contributed by atoms with Crippen molar-refractivity contribution in [2.45, 2.75) is 12.5 Å². The van der Waals surface area contributed by atoms with E-state index in [1.807, 2.05) is 17.5 Å². The highest BCUT2D eigenvalue weighted by atomic mass is 32.1. The average molecular weight is 227 g/mol. The van der Waals surface area contributed by atoms with Crippen molar-refractivity contribution in [2.75, 3.05) is 32.8 Å². The first-order valence-corrected chi connectivity index (χ1v) is 6.26. The highest BCUT2D eigenvalue weighted by Gasteiger charge is 2.13. The van der Waals surface area contributed by atoms with E-state index in [9.17, 15) is 5.11 Å². The van der Waals surface area contributed by atoms with Crippen molar-refractivity contribution in [3.63, 3.8) is 0 Å². The molecule has 1 aromatic heterocycles. The SMILES string of the molecule is OC(CCN1CCOCC1)c1cccs1. The van der Waals surface area contributed by atoms with Gasteiger partial charge in [0.15, 0.2) is 0 Å². The fourth-order valence-electron chi connectivity index (χ4n) is 1.75. The van der Waals surface area contributed by atoms with Crippen LogP contribution >= 0.6 is 11.3 Å². The number of hydrogen-bond acceptors (Lipinski definition) is 4. The quantitative estimate of drug-likeness (QED) is 0.846. The van der Waals surface area contributed by atoms with Crippen LogP contribution in [0.4, 0.5) is 0 Å². The van der Waals surface area contributed by atoms with Crippen LogP contribution in [0.5, 0.6) is 0 Å². The summed E-state index contributed by atoms with van der Waals surface area (Å²) in [6.45, 7) is 4.61. The zero-order chi connectivity index (χ0) is 10.5. The van der Waals surface area contributed by atoms with E-state index in [2.05, 4.69) is 4.90 Å². The fourth-order valence-corrected chi connectivity index (χ4v) is 2.50. The Bertz CT molecular complexity index is 270. The van der Waals surface area contributed by atoms with Crippen LogP contribution in [0.2, 0.25) is 0 Å². The summed E-state index contributed by atoms with van der Waals surface area (Å²) in [6.07, 6.45) is 0.522. The lowest BCUT2D eigenvalue weighted by atomic mass is 10.2. The van der Waals surface area contributed by atoms with Gasteiger partial charge in [0.2, 0.25) is 0 Å². The zero-order valence-corrected chi connectivity index (χ0v) is 9.58. The molecule has 0 bridgehead atoms. The van der Waals surface area contributed by atoms with Crippen molar-refractivity contribution in [1.29, 1.82) is 0 Å². The second-order valence-corrected chi connectivity index (χ2v) is 4.75. The molecule has 0 amide bonds. The lowest BCUT2D eigenvalue weighted by Crippen LogP contribution is -2.37. The summed E-state index contributed by atoms with van der Waals surface area (Å²) in [6, 6.07) is 3.98. The molecule has 4 heteroatoms. The summed E-state index contributed by atoms with van der Waals surface area (Å²) < 4.78 is 5.28. The summed E-state index contributed by atoms with van der Waals surface area (Å²) in [5.74, 6) is 0. The van der Waals surface area contributed by atoms with E-state index < -0.39 is 0 Å². The molecule has 2 heterocycles. The van der Waals surface area contributed by atoms with Crippen LogP contribution in [0.1, 0.15) is 17.4 Å². The van der Waals surface area contributed by atoms with Gasteiger partial charge in [-0.2, -0.15) is 0 Å². The summed E-state index contributed by atoms with van der Waals surface area (Å²) in [4.78, 5) is 3.42. The molecule has 1 fully saturated rings. The second-order valence-electron chi connectivity index (χ2n) is 3.77. The molecule has 2 rings (SSSR count). The number of aliphatic hydroxyl groups is 1. The number of thiophene rings is 1. The lowest BCUT2D eigenvalue weighted by molar-refractivity contribution is 0.0303. The molecule has 3 nitrogen and oxygen atoms in total. The number of rotatable bonds is 4. The fraction of sp³-hybridized carbons (Fsp3) is 0.636. The molecule has 1 aromatic rings. The summed E-state index contributed by atoms with van der Waals surface area (Å²) in [5, 5.41) is 11.9. The highest BCUT2D eigenvalue weighted by molar-refractivity contribution is 7.10. The molecule has 1 aliphatic rings. The maximum absolute atomic E-state index is 9.89. The monoisotopic (exact) mass is 227 g/mol. The Morgan fingerprint density at radius 2 is 2.27 bits per heavy atom. The number of morpholine rings is 1. The standard InChI is InChI=1S/C11H17NO2S/c13-10(11-2-1-9-15-11)3-4-12-5-7-14-8-6-12/h1-2,9-10,13H,3-8H2. The molecular weight excluding hydrogens is 210 g/mol. The van der Waals surface area contributed by atoms with E-state index in [-0.39, 0.29) is 6.10 Å². The van der Waals surface area contributed by atoms with Gasteiger partial charge in [0.05, 0.1) is 19.3 Å². The molecule has 1 atom stereocenters. The van der Waals surface area contributed by atoms with Crippen molar-refractivity contribution in [1.82, 2.24) is 4.90 Å². The van der Waals surface area contributed by atoms with E-state index in [0.717, 1.165) is 44.1 Å². The molecule has 1 unspecified atom stereocenters. The van der Waals surface area contributed by atoms with Crippen LogP contribution in [0.3, 0.4) is 0 Å². The van der Waals surface area contributed by atoms with Crippen LogP contribution in [-0.4, -0.2) is 42.9 Å². The number of nitrogens with zero attached hydrogens (tertiary/aromatic N) is 1. The minimum Gasteiger partial charge on any atom is -0.388 e.